The molecule has 0 spiro atoms. The summed E-state index contributed by atoms with van der Waals surface area (Å²) in [6.45, 7) is -0.131. The van der Waals surface area contributed by atoms with Crippen molar-refractivity contribution in [3.8, 4) is 0 Å². The smallest absolute Gasteiger partial charge is 0.170 e. The normalized spacial score (nSPS) is 50.5. The Morgan fingerprint density at radius 3 is 2.62 bits per heavy atom. The first kappa shape index (κ1) is 9.36. The Bertz CT molecular complexity index is 189. The Morgan fingerprint density at radius 2 is 1.92 bits per heavy atom. The third-order valence-electron chi connectivity index (χ3n) is 2.77. The summed E-state index contributed by atoms with van der Waals surface area (Å²) < 4.78 is 5.18. The number of aliphatic hydroxyl groups excluding tert-OH is 3. The van der Waals surface area contributed by atoms with Gasteiger partial charge < -0.3 is 25.4 Å². The lowest BCUT2D eigenvalue weighted by molar-refractivity contribution is -0.216. The van der Waals surface area contributed by atoms with Gasteiger partial charge in [-0.3, -0.25) is 0 Å². The van der Waals surface area contributed by atoms with Crippen LogP contribution in [-0.4, -0.2) is 52.5 Å². The van der Waals surface area contributed by atoms with Crippen molar-refractivity contribution in [1.29, 1.82) is 0 Å². The minimum absolute atomic E-state index is 0.0397. The SMILES string of the molecule is OC[C@H]1OC(O)[C@@H]2C[C@H](O)C[C@H]1N2. The van der Waals surface area contributed by atoms with Crippen LogP contribution in [0.4, 0.5) is 0 Å². The molecular weight excluding hydrogens is 174 g/mol. The average Bonchev–Trinajstić information content (AvgIpc) is 2.11. The van der Waals surface area contributed by atoms with E-state index in [-0.39, 0.29) is 18.7 Å². The zero-order valence-electron chi connectivity index (χ0n) is 7.26. The van der Waals surface area contributed by atoms with Crippen molar-refractivity contribution in [3.63, 3.8) is 0 Å². The molecule has 0 aromatic carbocycles. The van der Waals surface area contributed by atoms with Gasteiger partial charge in [0.15, 0.2) is 6.29 Å². The van der Waals surface area contributed by atoms with Crippen molar-refractivity contribution in [2.45, 2.75) is 43.4 Å². The lowest BCUT2D eigenvalue weighted by Crippen LogP contribution is -2.64. The summed E-state index contributed by atoms with van der Waals surface area (Å²) in [5, 5.41) is 31.0. The second-order valence-electron chi connectivity index (χ2n) is 3.75. The van der Waals surface area contributed by atoms with Gasteiger partial charge in [0.25, 0.3) is 0 Å². The molecular formula is C8H15NO4. The summed E-state index contributed by atoms with van der Waals surface area (Å²) in [7, 11) is 0. The first-order chi connectivity index (χ1) is 6.20. The fourth-order valence-corrected chi connectivity index (χ4v) is 2.09. The van der Waals surface area contributed by atoms with Gasteiger partial charge in [0.1, 0.15) is 0 Å². The van der Waals surface area contributed by atoms with Crippen molar-refractivity contribution < 1.29 is 20.1 Å². The quantitative estimate of drug-likeness (QED) is 0.390. The minimum atomic E-state index is -0.914. The van der Waals surface area contributed by atoms with E-state index in [1.807, 2.05) is 0 Å². The Labute approximate surface area is 76.3 Å². The Hall–Kier alpha value is -0.200. The van der Waals surface area contributed by atoms with Gasteiger partial charge in [0, 0.05) is 6.04 Å². The van der Waals surface area contributed by atoms with Crippen LogP contribution in [0.25, 0.3) is 0 Å². The highest BCUT2D eigenvalue weighted by Crippen LogP contribution is 2.25. The van der Waals surface area contributed by atoms with Gasteiger partial charge in [-0.05, 0) is 12.8 Å². The van der Waals surface area contributed by atoms with Gasteiger partial charge in [-0.2, -0.15) is 0 Å². The van der Waals surface area contributed by atoms with Gasteiger partial charge in [0.2, 0.25) is 0 Å². The molecule has 5 heteroatoms. The number of ether oxygens (including phenoxy) is 1. The van der Waals surface area contributed by atoms with E-state index in [0.29, 0.717) is 12.8 Å². The molecule has 2 rings (SSSR count). The molecule has 76 valence electrons. The van der Waals surface area contributed by atoms with Gasteiger partial charge in [-0.25, -0.2) is 0 Å². The topological polar surface area (TPSA) is 82.0 Å². The Kier molecular flexibility index (Phi) is 2.53. The van der Waals surface area contributed by atoms with Crippen molar-refractivity contribution in [1.82, 2.24) is 5.32 Å². The second kappa shape index (κ2) is 3.51. The van der Waals surface area contributed by atoms with E-state index < -0.39 is 18.5 Å². The van der Waals surface area contributed by atoms with E-state index in [1.54, 1.807) is 0 Å². The predicted octanol–water partition coefficient (Wildman–Crippen LogP) is -1.82. The number of aliphatic hydroxyl groups is 3. The fraction of sp³-hybridized carbons (Fsp3) is 1.00. The van der Waals surface area contributed by atoms with Crippen LogP contribution in [-0.2, 0) is 4.74 Å². The fourth-order valence-electron chi connectivity index (χ4n) is 2.09. The lowest BCUT2D eigenvalue weighted by atomic mass is 9.90. The van der Waals surface area contributed by atoms with Crippen molar-refractivity contribution in [3.05, 3.63) is 0 Å². The minimum Gasteiger partial charge on any atom is -0.394 e. The van der Waals surface area contributed by atoms with E-state index in [9.17, 15) is 10.2 Å². The van der Waals surface area contributed by atoms with Crippen LogP contribution in [0.5, 0.6) is 0 Å². The third kappa shape index (κ3) is 1.70. The maximum atomic E-state index is 9.46. The molecule has 0 aliphatic carbocycles. The number of nitrogens with one attached hydrogen (secondary N) is 1. The highest BCUT2D eigenvalue weighted by Gasteiger charge is 2.41. The summed E-state index contributed by atoms with van der Waals surface area (Å²) in [5.41, 5.74) is 0. The maximum absolute atomic E-state index is 9.46. The molecule has 2 saturated heterocycles. The zero-order valence-corrected chi connectivity index (χ0v) is 7.26. The number of morpholine rings is 1. The van der Waals surface area contributed by atoms with Gasteiger partial charge in [0.05, 0.1) is 24.9 Å². The largest absolute Gasteiger partial charge is 0.394 e. The molecule has 13 heavy (non-hydrogen) atoms. The molecule has 5 nitrogen and oxygen atoms in total. The van der Waals surface area contributed by atoms with Crippen molar-refractivity contribution in [2.75, 3.05) is 6.61 Å². The molecule has 0 aromatic heterocycles. The molecule has 5 atom stereocenters. The molecule has 0 aromatic rings. The van der Waals surface area contributed by atoms with Gasteiger partial charge in [-0.1, -0.05) is 0 Å². The standard InChI is InChI=1S/C8H15NO4/c10-3-7-5-1-4(11)2-6(9-5)8(12)13-7/h4-12H,1-3H2/t4-,5-,6+,7-,8?/m1/s1. The highest BCUT2D eigenvalue weighted by atomic mass is 16.6. The summed E-state index contributed by atoms with van der Waals surface area (Å²) in [4.78, 5) is 0. The number of fused-ring (bicyclic) bond motifs is 2. The van der Waals surface area contributed by atoms with E-state index in [1.165, 1.54) is 0 Å². The zero-order chi connectivity index (χ0) is 9.42. The van der Waals surface area contributed by atoms with E-state index in [4.69, 9.17) is 9.84 Å². The van der Waals surface area contributed by atoms with Crippen LogP contribution in [0.2, 0.25) is 0 Å². The maximum Gasteiger partial charge on any atom is 0.170 e. The van der Waals surface area contributed by atoms with Crippen LogP contribution < -0.4 is 5.32 Å². The number of hydrogen-bond donors (Lipinski definition) is 4. The van der Waals surface area contributed by atoms with E-state index in [2.05, 4.69) is 5.32 Å². The second-order valence-corrected chi connectivity index (χ2v) is 3.75. The molecule has 2 heterocycles. The van der Waals surface area contributed by atoms with Crippen LogP contribution >= 0.6 is 0 Å². The summed E-state index contributed by atoms with van der Waals surface area (Å²) in [5.74, 6) is 0. The Morgan fingerprint density at radius 1 is 1.23 bits per heavy atom. The first-order valence-electron chi connectivity index (χ1n) is 4.59. The molecule has 0 radical (unpaired) electrons. The van der Waals surface area contributed by atoms with E-state index >= 15 is 0 Å². The average molecular weight is 189 g/mol. The summed E-state index contributed by atoms with van der Waals surface area (Å²) in [6.07, 6.45) is -0.627. The van der Waals surface area contributed by atoms with Crippen molar-refractivity contribution in [2.24, 2.45) is 0 Å². The number of rotatable bonds is 1. The lowest BCUT2D eigenvalue weighted by Gasteiger charge is -2.45. The molecule has 0 saturated carbocycles. The molecule has 2 bridgehead atoms. The van der Waals surface area contributed by atoms with Crippen LogP contribution in [0, 0.1) is 0 Å². The molecule has 2 fully saturated rings. The van der Waals surface area contributed by atoms with Gasteiger partial charge in [-0.15, -0.1) is 0 Å². The molecule has 0 amide bonds. The molecule has 1 unspecified atom stereocenters. The predicted molar refractivity (Wildman–Crippen MR) is 43.9 cm³/mol. The molecule has 2 aliphatic rings. The number of piperidine rings is 1. The first-order valence-corrected chi connectivity index (χ1v) is 4.59. The summed E-state index contributed by atoms with van der Waals surface area (Å²) >= 11 is 0. The number of hydrogen-bond acceptors (Lipinski definition) is 5. The molecule has 4 N–H and O–H groups in total. The van der Waals surface area contributed by atoms with Crippen molar-refractivity contribution >= 4 is 0 Å². The Balaban J connectivity index is 2.06. The van der Waals surface area contributed by atoms with Crippen LogP contribution in [0.1, 0.15) is 12.8 Å². The monoisotopic (exact) mass is 189 g/mol. The van der Waals surface area contributed by atoms with Gasteiger partial charge >= 0.3 is 0 Å². The highest BCUT2D eigenvalue weighted by molar-refractivity contribution is 4.94. The van der Waals surface area contributed by atoms with Crippen LogP contribution in [0.3, 0.4) is 0 Å². The summed E-state index contributed by atoms with van der Waals surface area (Å²) in [6, 6.07) is -0.237. The van der Waals surface area contributed by atoms with Crippen LogP contribution in [0.15, 0.2) is 0 Å². The molecule has 2 aliphatic heterocycles. The third-order valence-corrected chi connectivity index (χ3v) is 2.77. The van der Waals surface area contributed by atoms with E-state index in [0.717, 1.165) is 0 Å².